The molecule has 0 saturated heterocycles. The third-order valence-corrected chi connectivity index (χ3v) is 5.96. The molecule has 1 heterocycles. The number of hydrogen-bond donors (Lipinski definition) is 1. The standard InChI is InChI=1S/C20H25N5OS/c1-14(2)20(3,13-21)22-17(26)12-27-19-24-23-18(16-9-10-16)25(19)11-15-7-5-4-6-8-15/h4-8,14,16H,9-12H2,1-3H3,(H,22,26)/t20-/m1/s1. The number of aromatic nitrogens is 3. The first-order valence-corrected chi connectivity index (χ1v) is 10.2. The maximum Gasteiger partial charge on any atom is 0.231 e. The van der Waals surface area contributed by atoms with Crippen LogP contribution in [0.1, 0.15) is 50.9 Å². The second-order valence-corrected chi connectivity index (χ2v) is 8.43. The molecule has 142 valence electrons. The first-order chi connectivity index (χ1) is 12.9. The second kappa shape index (κ2) is 8.13. The molecule has 2 aromatic rings. The molecule has 1 aromatic heterocycles. The summed E-state index contributed by atoms with van der Waals surface area (Å²) in [6.45, 7) is 6.30. The van der Waals surface area contributed by atoms with E-state index in [-0.39, 0.29) is 17.6 Å². The van der Waals surface area contributed by atoms with Crippen LogP contribution in [-0.2, 0) is 11.3 Å². The SMILES string of the molecule is CC(C)[C@@](C)(C#N)NC(=O)CSc1nnc(C2CC2)n1Cc1ccccc1. The van der Waals surface area contributed by atoms with Crippen molar-refractivity contribution in [2.24, 2.45) is 5.92 Å². The highest BCUT2D eigenvalue weighted by Gasteiger charge is 2.32. The van der Waals surface area contributed by atoms with E-state index in [9.17, 15) is 10.1 Å². The molecule has 6 nitrogen and oxygen atoms in total. The maximum absolute atomic E-state index is 12.4. The van der Waals surface area contributed by atoms with Gasteiger partial charge in [-0.25, -0.2) is 0 Å². The smallest absolute Gasteiger partial charge is 0.231 e. The van der Waals surface area contributed by atoms with Gasteiger partial charge in [-0.3, -0.25) is 4.79 Å². The third-order valence-electron chi connectivity index (χ3n) is 4.99. The van der Waals surface area contributed by atoms with Crippen LogP contribution >= 0.6 is 11.8 Å². The van der Waals surface area contributed by atoms with Crippen LogP contribution in [0, 0.1) is 17.2 Å². The normalized spacial score (nSPS) is 16.0. The summed E-state index contributed by atoms with van der Waals surface area (Å²) >= 11 is 1.37. The molecule has 0 bridgehead atoms. The number of rotatable bonds is 8. The van der Waals surface area contributed by atoms with Gasteiger partial charge in [0, 0.05) is 5.92 Å². The molecule has 0 aliphatic heterocycles. The van der Waals surface area contributed by atoms with Crippen LogP contribution in [0.3, 0.4) is 0 Å². The lowest BCUT2D eigenvalue weighted by Crippen LogP contribution is -2.49. The predicted molar refractivity (Wildman–Crippen MR) is 105 cm³/mol. The minimum Gasteiger partial charge on any atom is -0.337 e. The molecule has 1 fully saturated rings. The fraction of sp³-hybridized carbons (Fsp3) is 0.500. The number of hydrogen-bond acceptors (Lipinski definition) is 5. The molecule has 27 heavy (non-hydrogen) atoms. The van der Waals surface area contributed by atoms with Crippen LogP contribution in [0.2, 0.25) is 0 Å². The molecule has 1 N–H and O–H groups in total. The van der Waals surface area contributed by atoms with E-state index in [1.807, 2.05) is 32.0 Å². The maximum atomic E-state index is 12.4. The molecule has 1 saturated carbocycles. The average molecular weight is 384 g/mol. The number of nitrogens with one attached hydrogen (secondary N) is 1. The first-order valence-electron chi connectivity index (χ1n) is 9.25. The highest BCUT2D eigenvalue weighted by molar-refractivity contribution is 7.99. The Hall–Kier alpha value is -2.33. The van der Waals surface area contributed by atoms with Crippen molar-refractivity contribution in [2.45, 2.75) is 56.8 Å². The van der Waals surface area contributed by atoms with Crippen LogP contribution in [0.5, 0.6) is 0 Å². The van der Waals surface area contributed by atoms with Gasteiger partial charge in [0.05, 0.1) is 18.4 Å². The van der Waals surface area contributed by atoms with E-state index in [1.54, 1.807) is 6.92 Å². The summed E-state index contributed by atoms with van der Waals surface area (Å²) in [6, 6.07) is 12.4. The van der Waals surface area contributed by atoms with Crippen LogP contribution < -0.4 is 5.32 Å². The number of carbonyl (C=O) groups is 1. The van der Waals surface area contributed by atoms with Gasteiger partial charge in [0.2, 0.25) is 5.91 Å². The number of benzene rings is 1. The van der Waals surface area contributed by atoms with Crippen LogP contribution in [-0.4, -0.2) is 32.0 Å². The summed E-state index contributed by atoms with van der Waals surface area (Å²) in [5, 5.41) is 21.7. The number of amides is 1. The molecule has 1 aliphatic carbocycles. The number of thioether (sulfide) groups is 1. The summed E-state index contributed by atoms with van der Waals surface area (Å²) in [5.41, 5.74) is 0.316. The molecule has 0 spiro atoms. The van der Waals surface area contributed by atoms with Gasteiger partial charge in [-0.2, -0.15) is 5.26 Å². The molecular weight excluding hydrogens is 358 g/mol. The van der Waals surface area contributed by atoms with E-state index in [1.165, 1.54) is 17.3 Å². The molecule has 1 amide bonds. The van der Waals surface area contributed by atoms with Crippen molar-refractivity contribution in [1.82, 2.24) is 20.1 Å². The Labute approximate surface area is 164 Å². The van der Waals surface area contributed by atoms with Crippen molar-refractivity contribution in [3.05, 3.63) is 41.7 Å². The molecule has 0 radical (unpaired) electrons. The largest absolute Gasteiger partial charge is 0.337 e. The van der Waals surface area contributed by atoms with E-state index in [0.717, 1.165) is 23.8 Å². The Morgan fingerprint density at radius 3 is 2.67 bits per heavy atom. The van der Waals surface area contributed by atoms with Crippen molar-refractivity contribution in [2.75, 3.05) is 5.75 Å². The molecule has 1 aromatic carbocycles. The monoisotopic (exact) mass is 383 g/mol. The zero-order chi connectivity index (χ0) is 19.4. The lowest BCUT2D eigenvalue weighted by molar-refractivity contribution is -0.120. The zero-order valence-corrected chi connectivity index (χ0v) is 16.8. The van der Waals surface area contributed by atoms with Crippen molar-refractivity contribution in [1.29, 1.82) is 5.26 Å². The van der Waals surface area contributed by atoms with Crippen LogP contribution in [0.25, 0.3) is 0 Å². The summed E-state index contributed by atoms with van der Waals surface area (Å²) in [7, 11) is 0. The fourth-order valence-electron chi connectivity index (χ4n) is 2.72. The Balaban J connectivity index is 1.70. The van der Waals surface area contributed by atoms with Crippen LogP contribution in [0.15, 0.2) is 35.5 Å². The van der Waals surface area contributed by atoms with Crippen molar-refractivity contribution >= 4 is 17.7 Å². The lowest BCUT2D eigenvalue weighted by Gasteiger charge is -2.27. The molecule has 1 atom stereocenters. The number of nitrogens with zero attached hydrogens (tertiary/aromatic N) is 4. The molecule has 7 heteroatoms. The van der Waals surface area contributed by atoms with Gasteiger partial charge < -0.3 is 9.88 Å². The molecule has 1 aliphatic rings. The minimum atomic E-state index is -0.867. The Bertz CT molecular complexity index is 838. The van der Waals surface area contributed by atoms with Crippen molar-refractivity contribution in [3.63, 3.8) is 0 Å². The van der Waals surface area contributed by atoms with E-state index >= 15 is 0 Å². The van der Waals surface area contributed by atoms with E-state index in [4.69, 9.17) is 0 Å². The van der Waals surface area contributed by atoms with Gasteiger partial charge in [-0.15, -0.1) is 10.2 Å². The minimum absolute atomic E-state index is 0.0275. The quantitative estimate of drug-likeness (QED) is 0.707. The third kappa shape index (κ3) is 4.69. The summed E-state index contributed by atoms with van der Waals surface area (Å²) in [6.07, 6.45) is 2.29. The highest BCUT2D eigenvalue weighted by atomic mass is 32.2. The van der Waals surface area contributed by atoms with E-state index in [0.29, 0.717) is 12.5 Å². The Morgan fingerprint density at radius 1 is 1.37 bits per heavy atom. The van der Waals surface area contributed by atoms with Gasteiger partial charge in [-0.1, -0.05) is 55.9 Å². The average Bonchev–Trinajstić information content (AvgIpc) is 3.42. The highest BCUT2D eigenvalue weighted by Crippen LogP contribution is 2.40. The van der Waals surface area contributed by atoms with Crippen molar-refractivity contribution < 1.29 is 4.79 Å². The molecule has 0 unspecified atom stereocenters. The summed E-state index contributed by atoms with van der Waals surface area (Å²) in [4.78, 5) is 12.4. The van der Waals surface area contributed by atoms with E-state index < -0.39 is 5.54 Å². The lowest BCUT2D eigenvalue weighted by atomic mass is 9.90. The number of carbonyl (C=O) groups excluding carboxylic acids is 1. The van der Waals surface area contributed by atoms with Gasteiger partial charge >= 0.3 is 0 Å². The number of nitriles is 1. The topological polar surface area (TPSA) is 83.6 Å². The van der Waals surface area contributed by atoms with Gasteiger partial charge in [-0.05, 0) is 31.2 Å². The van der Waals surface area contributed by atoms with Gasteiger partial charge in [0.1, 0.15) is 11.4 Å². The summed E-state index contributed by atoms with van der Waals surface area (Å²) in [5.74, 6) is 1.55. The second-order valence-electron chi connectivity index (χ2n) is 7.49. The predicted octanol–water partition coefficient (Wildman–Crippen LogP) is 3.35. The summed E-state index contributed by atoms with van der Waals surface area (Å²) < 4.78 is 2.12. The van der Waals surface area contributed by atoms with Gasteiger partial charge in [0.25, 0.3) is 0 Å². The Morgan fingerprint density at radius 2 is 2.07 bits per heavy atom. The zero-order valence-electron chi connectivity index (χ0n) is 16.0. The van der Waals surface area contributed by atoms with Crippen molar-refractivity contribution in [3.8, 4) is 6.07 Å². The fourth-order valence-corrected chi connectivity index (χ4v) is 3.47. The first kappa shape index (κ1) is 19.4. The van der Waals surface area contributed by atoms with Gasteiger partial charge in [0.15, 0.2) is 5.16 Å². The molecule has 3 rings (SSSR count). The Kier molecular flexibility index (Phi) is 5.85. The van der Waals surface area contributed by atoms with Crippen LogP contribution in [0.4, 0.5) is 0 Å². The van der Waals surface area contributed by atoms with E-state index in [2.05, 4.69) is 38.3 Å². The molecular formula is C20H25N5OS.